The Hall–Kier alpha value is -0.930. The first kappa shape index (κ1) is 12.1. The molecule has 0 radical (unpaired) electrons. The van der Waals surface area contributed by atoms with Crippen LogP contribution in [0.15, 0.2) is 12.1 Å². The molecule has 0 bridgehead atoms. The van der Waals surface area contributed by atoms with Crippen molar-refractivity contribution in [1.82, 2.24) is 4.90 Å². The summed E-state index contributed by atoms with van der Waals surface area (Å²) < 4.78 is 0. The van der Waals surface area contributed by atoms with Crippen molar-refractivity contribution < 1.29 is 0 Å². The maximum absolute atomic E-state index is 6.43. The molecule has 1 saturated heterocycles. The molecule has 0 unspecified atom stereocenters. The van der Waals surface area contributed by atoms with E-state index in [0.29, 0.717) is 0 Å². The number of hydrogen-bond acceptors (Lipinski definition) is 3. The first-order valence-corrected chi connectivity index (χ1v) is 7.19. The third kappa shape index (κ3) is 2.17. The van der Waals surface area contributed by atoms with Crippen LogP contribution in [-0.2, 0) is 6.42 Å². The number of benzene rings is 1. The predicted molar refractivity (Wildman–Crippen MR) is 78.0 cm³/mol. The van der Waals surface area contributed by atoms with Gasteiger partial charge in [0.2, 0.25) is 0 Å². The Kier molecular flexibility index (Phi) is 3.35. The number of anilines is 2. The van der Waals surface area contributed by atoms with Gasteiger partial charge in [-0.05, 0) is 30.7 Å². The molecule has 0 aromatic heterocycles. The smallest absolute Gasteiger partial charge is 0.0643 e. The van der Waals surface area contributed by atoms with Crippen molar-refractivity contribution in [3.05, 3.63) is 22.7 Å². The Bertz CT molecular complexity index is 439. The summed E-state index contributed by atoms with van der Waals surface area (Å²) in [5.74, 6) is 0. The molecular formula is C14H20ClN3. The summed E-state index contributed by atoms with van der Waals surface area (Å²) in [4.78, 5) is 4.89. The highest BCUT2D eigenvalue weighted by molar-refractivity contribution is 6.33. The van der Waals surface area contributed by atoms with E-state index in [1.807, 2.05) is 0 Å². The third-order valence-corrected chi connectivity index (χ3v) is 4.35. The fraction of sp³-hybridized carbons (Fsp3) is 0.571. The van der Waals surface area contributed by atoms with E-state index in [-0.39, 0.29) is 0 Å². The Labute approximate surface area is 114 Å². The van der Waals surface area contributed by atoms with Gasteiger partial charge < -0.3 is 15.1 Å². The monoisotopic (exact) mass is 265 g/mol. The predicted octanol–water partition coefficient (Wildman–Crippen LogP) is 2.45. The Morgan fingerprint density at radius 1 is 1.22 bits per heavy atom. The number of likely N-dealkylation sites (N-methyl/N-ethyl adjacent to an activating group) is 1. The van der Waals surface area contributed by atoms with Gasteiger partial charge in [0.05, 0.1) is 10.7 Å². The van der Waals surface area contributed by atoms with Gasteiger partial charge in [-0.3, -0.25) is 0 Å². The molecule has 0 atom stereocenters. The number of nitrogens with zero attached hydrogens (tertiary/aromatic N) is 2. The van der Waals surface area contributed by atoms with E-state index in [4.69, 9.17) is 11.6 Å². The number of rotatable bonds is 2. The number of halogens is 1. The van der Waals surface area contributed by atoms with Crippen LogP contribution in [0.4, 0.5) is 11.4 Å². The van der Waals surface area contributed by atoms with E-state index in [9.17, 15) is 0 Å². The van der Waals surface area contributed by atoms with Gasteiger partial charge in [0.15, 0.2) is 0 Å². The molecule has 3 rings (SSSR count). The van der Waals surface area contributed by atoms with Crippen molar-refractivity contribution >= 4 is 23.0 Å². The maximum atomic E-state index is 6.43. The fourth-order valence-electron chi connectivity index (χ4n) is 2.85. The van der Waals surface area contributed by atoms with Gasteiger partial charge in [0.25, 0.3) is 0 Å². The van der Waals surface area contributed by atoms with Gasteiger partial charge in [-0.1, -0.05) is 18.5 Å². The number of hydrogen-bond donors (Lipinski definition) is 1. The number of nitrogens with one attached hydrogen (secondary N) is 1. The minimum absolute atomic E-state index is 0.905. The average molecular weight is 266 g/mol. The molecule has 0 amide bonds. The summed E-state index contributed by atoms with van der Waals surface area (Å²) in [6, 6.07) is 4.37. The largest absolute Gasteiger partial charge is 0.384 e. The summed E-state index contributed by atoms with van der Waals surface area (Å²) in [7, 11) is 0. The summed E-state index contributed by atoms with van der Waals surface area (Å²) in [6.07, 6.45) is 1.10. The molecule has 18 heavy (non-hydrogen) atoms. The lowest BCUT2D eigenvalue weighted by Crippen LogP contribution is -2.46. The van der Waals surface area contributed by atoms with E-state index in [1.54, 1.807) is 0 Å². The quantitative estimate of drug-likeness (QED) is 0.886. The molecule has 1 fully saturated rings. The second kappa shape index (κ2) is 4.98. The second-order valence-electron chi connectivity index (χ2n) is 5.06. The zero-order chi connectivity index (χ0) is 12.5. The zero-order valence-electron chi connectivity index (χ0n) is 10.9. The molecule has 2 aliphatic heterocycles. The molecule has 4 heteroatoms. The molecule has 3 nitrogen and oxygen atoms in total. The lowest BCUT2D eigenvalue weighted by atomic mass is 10.1. The van der Waals surface area contributed by atoms with E-state index in [1.165, 1.54) is 16.9 Å². The van der Waals surface area contributed by atoms with Crippen LogP contribution in [0.2, 0.25) is 5.02 Å². The maximum Gasteiger partial charge on any atom is 0.0643 e. The highest BCUT2D eigenvalue weighted by Crippen LogP contribution is 2.35. The highest BCUT2D eigenvalue weighted by atomic mass is 35.5. The first-order valence-electron chi connectivity index (χ1n) is 6.81. The van der Waals surface area contributed by atoms with Crippen molar-refractivity contribution in [3.8, 4) is 0 Å². The molecule has 98 valence electrons. The molecule has 0 spiro atoms. The highest BCUT2D eigenvalue weighted by Gasteiger charge is 2.20. The van der Waals surface area contributed by atoms with Crippen molar-refractivity contribution in [2.45, 2.75) is 13.3 Å². The summed E-state index contributed by atoms with van der Waals surface area (Å²) in [5.41, 5.74) is 3.82. The molecule has 1 aromatic rings. The van der Waals surface area contributed by atoms with Crippen molar-refractivity contribution in [1.29, 1.82) is 0 Å². The van der Waals surface area contributed by atoms with Crippen LogP contribution in [0.25, 0.3) is 0 Å². The van der Waals surface area contributed by atoms with Crippen LogP contribution >= 0.6 is 11.6 Å². The SMILES string of the molecule is CCN1CCN(c2cc3c(cc2Cl)CCN3)CC1. The van der Waals surface area contributed by atoms with Crippen molar-refractivity contribution in [2.24, 2.45) is 0 Å². The van der Waals surface area contributed by atoms with Gasteiger partial charge in [-0.2, -0.15) is 0 Å². The standard InChI is InChI=1S/C14H20ClN3/c1-2-17-5-7-18(8-6-17)14-10-13-11(3-4-16-13)9-12(14)15/h9-10,16H,2-8H2,1H3. The molecule has 2 heterocycles. The van der Waals surface area contributed by atoms with Gasteiger partial charge in [0, 0.05) is 38.4 Å². The summed E-state index contributed by atoms with van der Waals surface area (Å²) in [5, 5.41) is 4.34. The Morgan fingerprint density at radius 2 is 2.00 bits per heavy atom. The third-order valence-electron chi connectivity index (χ3n) is 4.04. The molecular weight excluding hydrogens is 246 g/mol. The van der Waals surface area contributed by atoms with E-state index in [2.05, 4.69) is 34.2 Å². The number of piperazine rings is 1. The Morgan fingerprint density at radius 3 is 2.72 bits per heavy atom. The average Bonchev–Trinajstić information content (AvgIpc) is 2.85. The van der Waals surface area contributed by atoms with Gasteiger partial charge in [-0.15, -0.1) is 0 Å². The molecule has 0 aliphatic carbocycles. The molecule has 0 saturated carbocycles. The minimum Gasteiger partial charge on any atom is -0.384 e. The number of fused-ring (bicyclic) bond motifs is 1. The lowest BCUT2D eigenvalue weighted by molar-refractivity contribution is 0.271. The van der Waals surface area contributed by atoms with E-state index >= 15 is 0 Å². The summed E-state index contributed by atoms with van der Waals surface area (Å²) in [6.45, 7) is 8.83. The lowest BCUT2D eigenvalue weighted by Gasteiger charge is -2.36. The van der Waals surface area contributed by atoms with Crippen LogP contribution in [0, 0.1) is 0 Å². The fourth-order valence-corrected chi connectivity index (χ4v) is 3.16. The van der Waals surface area contributed by atoms with E-state index < -0.39 is 0 Å². The minimum atomic E-state index is 0.905. The van der Waals surface area contributed by atoms with Crippen LogP contribution in [0.3, 0.4) is 0 Å². The van der Waals surface area contributed by atoms with Gasteiger partial charge in [-0.25, -0.2) is 0 Å². The molecule has 1 aromatic carbocycles. The zero-order valence-corrected chi connectivity index (χ0v) is 11.6. The topological polar surface area (TPSA) is 18.5 Å². The van der Waals surface area contributed by atoms with Crippen molar-refractivity contribution in [2.75, 3.05) is 49.5 Å². The Balaban J connectivity index is 1.80. The van der Waals surface area contributed by atoms with Crippen LogP contribution < -0.4 is 10.2 Å². The summed E-state index contributed by atoms with van der Waals surface area (Å²) >= 11 is 6.43. The molecule has 1 N–H and O–H groups in total. The van der Waals surface area contributed by atoms with Crippen LogP contribution in [-0.4, -0.2) is 44.2 Å². The van der Waals surface area contributed by atoms with Crippen LogP contribution in [0.5, 0.6) is 0 Å². The van der Waals surface area contributed by atoms with Crippen molar-refractivity contribution in [3.63, 3.8) is 0 Å². The van der Waals surface area contributed by atoms with Gasteiger partial charge in [0.1, 0.15) is 0 Å². The molecule has 2 aliphatic rings. The van der Waals surface area contributed by atoms with Crippen LogP contribution in [0.1, 0.15) is 12.5 Å². The van der Waals surface area contributed by atoms with Gasteiger partial charge >= 0.3 is 0 Å². The first-order chi connectivity index (χ1) is 8.78. The second-order valence-corrected chi connectivity index (χ2v) is 5.47. The van der Waals surface area contributed by atoms with E-state index in [0.717, 1.165) is 50.7 Å². The normalized spacial score (nSPS) is 19.8.